The Morgan fingerprint density at radius 3 is 2.21 bits per heavy atom. The number of carboxylic acids is 1. The third kappa shape index (κ3) is 15.3. The van der Waals surface area contributed by atoms with Crippen molar-refractivity contribution in [3.05, 3.63) is 125 Å². The molecule has 0 radical (unpaired) electrons. The number of aromatic hydroxyl groups is 1. The lowest BCUT2D eigenvalue weighted by atomic mass is 9.92. The molecule has 0 fully saturated rings. The van der Waals surface area contributed by atoms with Crippen molar-refractivity contribution < 1.29 is 62.8 Å². The van der Waals surface area contributed by atoms with Gasteiger partial charge in [-0.2, -0.15) is 0 Å². The first-order chi connectivity index (χ1) is 39.1. The molecule has 0 unspecified atom stereocenters. The highest BCUT2D eigenvalue weighted by atomic mass is 35.5. The van der Waals surface area contributed by atoms with Gasteiger partial charge >= 0.3 is 24.2 Å². The molecule has 25 heteroatoms. The first kappa shape index (κ1) is 60.2. The number of benzene rings is 4. The van der Waals surface area contributed by atoms with Crippen LogP contribution in [0, 0.1) is 12.8 Å². The molecule has 24 nitrogen and oxygen atoms in total. The fraction of sp³-hybridized carbons (Fsp3) is 0.333. The summed E-state index contributed by atoms with van der Waals surface area (Å²) in [4.78, 5) is 125. The van der Waals surface area contributed by atoms with Crippen molar-refractivity contribution in [1.82, 2.24) is 35.1 Å². The summed E-state index contributed by atoms with van der Waals surface area (Å²) in [6.45, 7) is 5.56. The molecular formula is C57H64ClN11O13. The number of carbonyl (C=O) groups is 9. The van der Waals surface area contributed by atoms with Gasteiger partial charge in [0.25, 0.3) is 11.8 Å². The quantitative estimate of drug-likeness (QED) is 0.0257. The summed E-state index contributed by atoms with van der Waals surface area (Å²) in [6, 6.07) is 19.8. The predicted molar refractivity (Wildman–Crippen MR) is 304 cm³/mol. The second-order valence-corrected chi connectivity index (χ2v) is 20.3. The first-order valence-corrected chi connectivity index (χ1v) is 26.7. The number of aromatic nitrogens is 2. The number of nitrogens with two attached hydrogens (primary N) is 1. The number of hydrogen-bond donors (Lipinski definition) is 8. The number of urea groups is 1. The number of alkyl halides is 1. The lowest BCUT2D eigenvalue weighted by Crippen LogP contribution is -2.54. The van der Waals surface area contributed by atoms with Crippen LogP contribution < -0.4 is 42.0 Å². The van der Waals surface area contributed by atoms with Gasteiger partial charge < -0.3 is 71.1 Å². The van der Waals surface area contributed by atoms with E-state index in [4.69, 9.17) is 31.9 Å². The minimum Gasteiger partial charge on any atom is -0.508 e. The molecule has 432 valence electrons. The SMILES string of the molecule is Cc1cccc2c(OC(=O)N(C)CCN(C)C(=O)OCc3ccc(NC(=O)[C@H](CCCNC(N)=O)NC(=O)[C@@H](NC(=O)CCC(=O)O)C(C)C)cc3)cc3c(c12)[C@H](CCl)CN3C(=O)c1cn2cc(NC(=O)c3ccc(O)cc3)ccc2n1. The number of likely N-dealkylation sites (N-methyl/N-ethyl adjacent to an activating group) is 2. The first-order valence-electron chi connectivity index (χ1n) is 26.2. The molecule has 4 aromatic carbocycles. The number of anilines is 3. The van der Waals surface area contributed by atoms with Crippen molar-refractivity contribution >= 4 is 98.8 Å². The number of carbonyl (C=O) groups excluding carboxylic acids is 8. The number of phenols is 1. The molecule has 7 rings (SSSR count). The van der Waals surface area contributed by atoms with E-state index in [1.165, 1.54) is 48.2 Å². The van der Waals surface area contributed by atoms with E-state index in [1.807, 2.05) is 25.1 Å². The van der Waals surface area contributed by atoms with Gasteiger partial charge in [-0.15, -0.1) is 11.6 Å². The van der Waals surface area contributed by atoms with E-state index in [2.05, 4.69) is 31.6 Å². The molecule has 1 aliphatic heterocycles. The molecule has 0 bridgehead atoms. The molecule has 6 aromatic rings. The van der Waals surface area contributed by atoms with Crippen molar-refractivity contribution in [2.45, 2.75) is 71.1 Å². The predicted octanol–water partition coefficient (Wildman–Crippen LogP) is 6.31. The highest BCUT2D eigenvalue weighted by molar-refractivity contribution is 6.19. The summed E-state index contributed by atoms with van der Waals surface area (Å²) in [5.41, 5.74) is 9.63. The number of pyridine rings is 1. The summed E-state index contributed by atoms with van der Waals surface area (Å²) in [6.07, 6.45) is 1.32. The average molecular weight is 1150 g/mol. The number of phenolic OH excluding ortho intramolecular Hbond substituents is 1. The molecule has 0 saturated heterocycles. The Kier molecular flexibility index (Phi) is 19.9. The van der Waals surface area contributed by atoms with E-state index in [1.54, 1.807) is 78.0 Å². The third-order valence-electron chi connectivity index (χ3n) is 13.6. The molecule has 0 saturated carbocycles. The Balaban J connectivity index is 0.946. The van der Waals surface area contributed by atoms with Gasteiger partial charge in [-0.1, -0.05) is 44.2 Å². The number of nitrogens with one attached hydrogen (secondary N) is 5. The van der Waals surface area contributed by atoms with E-state index in [9.17, 15) is 48.3 Å². The van der Waals surface area contributed by atoms with Crippen molar-refractivity contribution in [1.29, 1.82) is 0 Å². The van der Waals surface area contributed by atoms with E-state index in [-0.39, 0.29) is 81.0 Å². The number of carboxylic acid groups (broad SMARTS) is 1. The Labute approximate surface area is 476 Å². The number of fused-ring (bicyclic) bond motifs is 4. The monoisotopic (exact) mass is 1150 g/mol. The second kappa shape index (κ2) is 27.1. The van der Waals surface area contributed by atoms with Crippen molar-refractivity contribution in [2.24, 2.45) is 11.7 Å². The van der Waals surface area contributed by atoms with Crippen LogP contribution in [0.25, 0.3) is 16.4 Å². The summed E-state index contributed by atoms with van der Waals surface area (Å²) >= 11 is 6.59. The summed E-state index contributed by atoms with van der Waals surface area (Å²) in [7, 11) is 3.02. The standard InChI is InChI=1S/C57H64ClN11O13/c1-32(2)50(65-46(71)21-22-47(72)73)53(76)64-41(10-7-23-60-55(59)78)52(75)61-37-15-11-34(12-16-37)31-81-56(79)66(4)24-25-67(5)57(80)82-44-26-43-49(48-33(3)8-6-9-40(44)48)36(27-58)28-69(43)54(77)42-30-68-29-38(17-20-45(68)63-42)62-51(74)35-13-18-39(70)19-14-35/h6,8-9,11-20,26,29-30,32,36,41,50,70H,7,10,21-25,27-28,31H2,1-5H3,(H,61,75)(H,62,74)(H,64,76)(H,65,71)(H,72,73)(H3,59,60,78)/t36-,41+,50+/m1/s1. The topological polar surface area (TPSA) is 326 Å². The number of aliphatic carboxylic acids is 1. The van der Waals surface area contributed by atoms with Crippen LogP contribution in [-0.4, -0.2) is 141 Å². The lowest BCUT2D eigenvalue weighted by molar-refractivity contribution is -0.139. The third-order valence-corrected chi connectivity index (χ3v) is 13.9. The van der Waals surface area contributed by atoms with Crippen LogP contribution in [0.3, 0.4) is 0 Å². The molecule has 3 atom stereocenters. The van der Waals surface area contributed by atoms with Gasteiger partial charge in [-0.05, 0) is 96.3 Å². The van der Waals surface area contributed by atoms with E-state index >= 15 is 0 Å². The molecule has 1 aliphatic rings. The molecule has 2 aromatic heterocycles. The highest BCUT2D eigenvalue weighted by Gasteiger charge is 2.37. The van der Waals surface area contributed by atoms with Crippen molar-refractivity contribution in [2.75, 3.05) is 61.7 Å². The Morgan fingerprint density at radius 1 is 0.841 bits per heavy atom. The van der Waals surface area contributed by atoms with Crippen LogP contribution in [-0.2, 0) is 30.5 Å². The molecule has 82 heavy (non-hydrogen) atoms. The zero-order chi connectivity index (χ0) is 59.4. The highest BCUT2D eigenvalue weighted by Crippen LogP contribution is 2.47. The van der Waals surface area contributed by atoms with Gasteiger partial charge in [0.2, 0.25) is 17.7 Å². The fourth-order valence-corrected chi connectivity index (χ4v) is 9.34. The number of ether oxygens (including phenoxy) is 2. The Hall–Kier alpha value is -9.45. The number of hydrogen-bond acceptors (Lipinski definition) is 13. The summed E-state index contributed by atoms with van der Waals surface area (Å²) in [5, 5.41) is 33.2. The number of amides is 9. The summed E-state index contributed by atoms with van der Waals surface area (Å²) < 4.78 is 13.2. The molecule has 0 spiro atoms. The van der Waals surface area contributed by atoms with Crippen LogP contribution in [0.15, 0.2) is 97.3 Å². The van der Waals surface area contributed by atoms with Crippen molar-refractivity contribution in [3.8, 4) is 11.5 Å². The minimum atomic E-state index is -1.17. The maximum Gasteiger partial charge on any atom is 0.415 e. The molecule has 9 N–H and O–H groups in total. The van der Waals surface area contributed by atoms with Gasteiger partial charge in [0.1, 0.15) is 41.5 Å². The Morgan fingerprint density at radius 2 is 1.54 bits per heavy atom. The van der Waals surface area contributed by atoms with Crippen molar-refractivity contribution in [3.63, 3.8) is 0 Å². The molecule has 3 heterocycles. The second-order valence-electron chi connectivity index (χ2n) is 20.0. The van der Waals surface area contributed by atoms with Gasteiger partial charge in [-0.3, -0.25) is 28.8 Å². The van der Waals surface area contributed by atoms with Crippen LogP contribution in [0.2, 0.25) is 0 Å². The fourth-order valence-electron chi connectivity index (χ4n) is 9.08. The molecule has 9 amide bonds. The average Bonchev–Trinajstić information content (AvgIpc) is 3.12. The largest absolute Gasteiger partial charge is 0.508 e. The van der Waals surface area contributed by atoms with Crippen LogP contribution >= 0.6 is 11.6 Å². The maximum atomic E-state index is 14.4. The number of rotatable bonds is 23. The number of halogens is 1. The summed E-state index contributed by atoms with van der Waals surface area (Å²) in [5.74, 6) is -4.19. The van der Waals surface area contributed by atoms with E-state index < -0.39 is 78.1 Å². The van der Waals surface area contributed by atoms with Gasteiger partial charge in [-0.25, -0.2) is 19.4 Å². The Bertz CT molecular complexity index is 3390. The van der Waals surface area contributed by atoms with Gasteiger partial charge in [0, 0.05) is 93.6 Å². The minimum absolute atomic E-state index is 0.0302. The van der Waals surface area contributed by atoms with Crippen LogP contribution in [0.5, 0.6) is 11.5 Å². The molecular weight excluding hydrogens is 1080 g/mol. The van der Waals surface area contributed by atoms with Crippen LogP contribution in [0.4, 0.5) is 31.4 Å². The zero-order valence-corrected chi connectivity index (χ0v) is 46.5. The van der Waals surface area contributed by atoms with Gasteiger partial charge in [0.15, 0.2) is 0 Å². The van der Waals surface area contributed by atoms with Crippen LogP contribution in [0.1, 0.15) is 83.0 Å². The normalized spacial score (nSPS) is 13.4. The van der Waals surface area contributed by atoms with E-state index in [0.29, 0.717) is 39.2 Å². The lowest BCUT2D eigenvalue weighted by Gasteiger charge is -2.25. The number of primary amides is 1. The smallest absolute Gasteiger partial charge is 0.415 e. The maximum absolute atomic E-state index is 14.4. The molecule has 0 aliphatic carbocycles. The zero-order valence-electron chi connectivity index (χ0n) is 45.7. The van der Waals surface area contributed by atoms with E-state index in [0.717, 1.165) is 16.5 Å². The van der Waals surface area contributed by atoms with Gasteiger partial charge in [0.05, 0.1) is 17.8 Å². The number of nitrogens with zero attached hydrogens (tertiary/aromatic N) is 5. The number of aryl methyl sites for hydroxylation is 1. The number of imidazole rings is 1.